The van der Waals surface area contributed by atoms with Crippen molar-refractivity contribution in [3.8, 4) is 0 Å². The quantitative estimate of drug-likeness (QED) is 0.903. The van der Waals surface area contributed by atoms with E-state index in [2.05, 4.69) is 15.4 Å². The second-order valence-corrected chi connectivity index (χ2v) is 6.09. The Hall–Kier alpha value is -1.91. The van der Waals surface area contributed by atoms with Gasteiger partial charge in [0.25, 0.3) is 0 Å². The number of carbonyl (C=O) groups is 1. The summed E-state index contributed by atoms with van der Waals surface area (Å²) in [5.74, 6) is 0.00944. The average molecular weight is 260 g/mol. The minimum absolute atomic E-state index is 0.00944. The maximum atomic E-state index is 11.9. The lowest BCUT2D eigenvalue weighted by Crippen LogP contribution is -2.19. The van der Waals surface area contributed by atoms with Crippen LogP contribution in [0.4, 0.5) is 5.69 Å². The number of rotatable bonds is 2. The Morgan fingerprint density at radius 1 is 1.42 bits per heavy atom. The molecule has 0 aliphatic heterocycles. The van der Waals surface area contributed by atoms with Crippen molar-refractivity contribution in [2.45, 2.75) is 34.1 Å². The van der Waals surface area contributed by atoms with Crippen LogP contribution in [0.1, 0.15) is 32.9 Å². The average Bonchev–Trinajstić information content (AvgIpc) is 2.51. The number of hydrogen-bond donors (Lipinski definition) is 1. The number of fused-ring (bicyclic) bond motifs is 1. The number of nitrogens with zero attached hydrogens (tertiary/aromatic N) is 3. The van der Waals surface area contributed by atoms with E-state index in [4.69, 9.17) is 0 Å². The van der Waals surface area contributed by atoms with Crippen molar-refractivity contribution in [3.05, 3.63) is 18.0 Å². The molecular formula is C14H20N4O. The third-order valence-corrected chi connectivity index (χ3v) is 2.84. The highest BCUT2D eigenvalue weighted by Crippen LogP contribution is 2.22. The first-order chi connectivity index (χ1) is 8.76. The van der Waals surface area contributed by atoms with Gasteiger partial charge in [0.2, 0.25) is 5.91 Å². The molecule has 2 heterocycles. The molecule has 0 atom stereocenters. The van der Waals surface area contributed by atoms with Gasteiger partial charge in [-0.1, -0.05) is 20.8 Å². The fraction of sp³-hybridized carbons (Fsp3) is 0.500. The van der Waals surface area contributed by atoms with Gasteiger partial charge in [-0.25, -0.2) is 4.98 Å². The van der Waals surface area contributed by atoms with E-state index in [1.165, 1.54) is 0 Å². The monoisotopic (exact) mass is 260 g/mol. The minimum Gasteiger partial charge on any atom is -0.325 e. The number of aromatic nitrogens is 3. The fourth-order valence-corrected chi connectivity index (χ4v) is 2.06. The van der Waals surface area contributed by atoms with Crippen molar-refractivity contribution in [3.63, 3.8) is 0 Å². The van der Waals surface area contributed by atoms with E-state index in [1.54, 1.807) is 10.9 Å². The van der Waals surface area contributed by atoms with Gasteiger partial charge in [-0.2, -0.15) is 5.10 Å². The summed E-state index contributed by atoms with van der Waals surface area (Å²) in [6.07, 6.45) is 2.15. The molecule has 2 rings (SSSR count). The van der Waals surface area contributed by atoms with Crippen LogP contribution >= 0.6 is 0 Å². The predicted octanol–water partition coefficient (Wildman–Crippen LogP) is 2.65. The van der Waals surface area contributed by atoms with Gasteiger partial charge in [0.15, 0.2) is 5.65 Å². The van der Waals surface area contributed by atoms with Crippen molar-refractivity contribution < 1.29 is 4.79 Å². The summed E-state index contributed by atoms with van der Waals surface area (Å²) in [4.78, 5) is 16.2. The number of amides is 1. The van der Waals surface area contributed by atoms with Gasteiger partial charge < -0.3 is 5.32 Å². The highest BCUT2D eigenvalue weighted by atomic mass is 16.1. The Morgan fingerprint density at radius 3 is 2.74 bits per heavy atom. The first kappa shape index (κ1) is 13.5. The zero-order valence-electron chi connectivity index (χ0n) is 12.1. The highest BCUT2D eigenvalue weighted by molar-refractivity contribution is 5.93. The van der Waals surface area contributed by atoms with Crippen LogP contribution in [0.15, 0.2) is 12.3 Å². The lowest BCUT2D eigenvalue weighted by atomic mass is 9.92. The summed E-state index contributed by atoms with van der Waals surface area (Å²) in [7, 11) is 1.86. The molecule has 2 aromatic heterocycles. The van der Waals surface area contributed by atoms with Crippen LogP contribution < -0.4 is 5.32 Å². The molecule has 0 bridgehead atoms. The lowest BCUT2D eigenvalue weighted by Gasteiger charge is -2.17. The number of aryl methyl sites for hydroxylation is 2. The molecule has 1 amide bonds. The minimum atomic E-state index is -0.0220. The maximum absolute atomic E-state index is 11.9. The van der Waals surface area contributed by atoms with Crippen LogP contribution in [0.2, 0.25) is 0 Å². The van der Waals surface area contributed by atoms with Crippen molar-refractivity contribution in [1.82, 2.24) is 14.8 Å². The van der Waals surface area contributed by atoms with E-state index < -0.39 is 0 Å². The zero-order valence-corrected chi connectivity index (χ0v) is 12.1. The van der Waals surface area contributed by atoms with E-state index >= 15 is 0 Å². The third kappa shape index (κ3) is 3.10. The number of pyridine rings is 1. The molecule has 0 aliphatic carbocycles. The van der Waals surface area contributed by atoms with Gasteiger partial charge in [0, 0.05) is 18.9 Å². The number of hydrogen-bond acceptors (Lipinski definition) is 3. The SMILES string of the molecule is Cc1nn(C)c2ncc(NC(=O)CC(C)(C)C)cc12. The summed E-state index contributed by atoms with van der Waals surface area (Å²) in [5, 5.41) is 8.17. The van der Waals surface area contributed by atoms with E-state index in [0.29, 0.717) is 6.42 Å². The molecule has 0 spiro atoms. The van der Waals surface area contributed by atoms with E-state index in [9.17, 15) is 4.79 Å². The normalized spacial score (nSPS) is 11.8. The molecule has 0 unspecified atom stereocenters. The molecule has 0 saturated carbocycles. The largest absolute Gasteiger partial charge is 0.325 e. The van der Waals surface area contributed by atoms with Gasteiger partial charge in [-0.3, -0.25) is 9.48 Å². The fourth-order valence-electron chi connectivity index (χ4n) is 2.06. The highest BCUT2D eigenvalue weighted by Gasteiger charge is 2.16. The second-order valence-electron chi connectivity index (χ2n) is 6.09. The smallest absolute Gasteiger partial charge is 0.224 e. The van der Waals surface area contributed by atoms with Gasteiger partial charge in [0.1, 0.15) is 0 Å². The Kier molecular flexibility index (Phi) is 3.30. The van der Waals surface area contributed by atoms with Crippen LogP contribution in [0.3, 0.4) is 0 Å². The lowest BCUT2D eigenvalue weighted by molar-refractivity contribution is -0.117. The molecule has 5 heteroatoms. The topological polar surface area (TPSA) is 59.8 Å². The number of anilines is 1. The zero-order chi connectivity index (χ0) is 14.2. The van der Waals surface area contributed by atoms with Crippen LogP contribution in [0.25, 0.3) is 11.0 Å². The van der Waals surface area contributed by atoms with E-state index in [-0.39, 0.29) is 11.3 Å². The molecule has 0 radical (unpaired) electrons. The summed E-state index contributed by atoms with van der Waals surface area (Å²) in [6, 6.07) is 1.92. The predicted molar refractivity (Wildman–Crippen MR) is 75.9 cm³/mol. The molecule has 5 nitrogen and oxygen atoms in total. The Labute approximate surface area is 113 Å². The van der Waals surface area contributed by atoms with Crippen molar-refractivity contribution in [2.24, 2.45) is 12.5 Å². The van der Waals surface area contributed by atoms with E-state index in [1.807, 2.05) is 40.8 Å². The van der Waals surface area contributed by atoms with Gasteiger partial charge in [-0.15, -0.1) is 0 Å². The van der Waals surface area contributed by atoms with E-state index in [0.717, 1.165) is 22.4 Å². The molecule has 0 saturated heterocycles. The number of carbonyl (C=O) groups excluding carboxylic acids is 1. The summed E-state index contributed by atoms with van der Waals surface area (Å²) in [5.41, 5.74) is 2.44. The van der Waals surface area contributed by atoms with Crippen LogP contribution in [0, 0.1) is 12.3 Å². The molecule has 0 aromatic carbocycles. The van der Waals surface area contributed by atoms with Gasteiger partial charge in [-0.05, 0) is 18.4 Å². The Balaban J connectivity index is 2.22. The van der Waals surface area contributed by atoms with Crippen molar-refractivity contribution >= 4 is 22.6 Å². The molecule has 0 fully saturated rings. The second kappa shape index (κ2) is 4.64. The van der Waals surface area contributed by atoms with Gasteiger partial charge in [0.05, 0.1) is 17.6 Å². The first-order valence-corrected chi connectivity index (χ1v) is 6.35. The third-order valence-electron chi connectivity index (χ3n) is 2.84. The van der Waals surface area contributed by atoms with Crippen molar-refractivity contribution in [2.75, 3.05) is 5.32 Å². The summed E-state index contributed by atoms with van der Waals surface area (Å²) in [6.45, 7) is 8.06. The van der Waals surface area contributed by atoms with Crippen LogP contribution in [-0.2, 0) is 11.8 Å². The summed E-state index contributed by atoms with van der Waals surface area (Å²) < 4.78 is 1.74. The Morgan fingerprint density at radius 2 is 2.11 bits per heavy atom. The molecule has 0 aliphatic rings. The maximum Gasteiger partial charge on any atom is 0.224 e. The standard InChI is InChI=1S/C14H20N4O/c1-9-11-6-10(8-15-13(11)18(5)17-9)16-12(19)7-14(2,3)4/h6,8H,7H2,1-5H3,(H,16,19). The molecule has 2 aromatic rings. The van der Waals surface area contributed by atoms with Crippen LogP contribution in [0.5, 0.6) is 0 Å². The molecule has 1 N–H and O–H groups in total. The molecule has 102 valence electrons. The first-order valence-electron chi connectivity index (χ1n) is 6.35. The van der Waals surface area contributed by atoms with Gasteiger partial charge >= 0.3 is 0 Å². The Bertz CT molecular complexity index is 622. The van der Waals surface area contributed by atoms with Crippen LogP contribution in [-0.4, -0.2) is 20.7 Å². The van der Waals surface area contributed by atoms with Crippen molar-refractivity contribution in [1.29, 1.82) is 0 Å². The molecule has 19 heavy (non-hydrogen) atoms. The summed E-state index contributed by atoms with van der Waals surface area (Å²) >= 11 is 0. The molecular weight excluding hydrogens is 240 g/mol. The number of nitrogens with one attached hydrogen (secondary N) is 1.